The monoisotopic (exact) mass is 460 g/mol. The van der Waals surface area contributed by atoms with Gasteiger partial charge in [-0.25, -0.2) is 4.79 Å². The third-order valence-electron chi connectivity index (χ3n) is 4.78. The minimum atomic E-state index is -0.695. The van der Waals surface area contributed by atoms with Gasteiger partial charge in [-0.3, -0.25) is 19.1 Å². The second kappa shape index (κ2) is 11.6. The lowest BCUT2D eigenvalue weighted by Crippen LogP contribution is -2.43. The lowest BCUT2D eigenvalue weighted by Gasteiger charge is -2.26. The van der Waals surface area contributed by atoms with Crippen molar-refractivity contribution >= 4 is 17.4 Å². The molecule has 0 aliphatic heterocycles. The lowest BCUT2D eigenvalue weighted by atomic mass is 10.1. The van der Waals surface area contributed by atoms with Gasteiger partial charge in [-0.1, -0.05) is 34.6 Å². The van der Waals surface area contributed by atoms with Crippen LogP contribution < -0.4 is 31.4 Å². The SMILES string of the molecule is CCCOc1ccc(C(=O)N(CC(C)C)c2c(N)n(CC(C)C)c(=O)[nH]c2=O)cc1OCC. The van der Waals surface area contributed by atoms with Crippen LogP contribution in [0, 0.1) is 11.8 Å². The number of carbonyl (C=O) groups excluding carboxylic acids is 1. The third-order valence-corrected chi connectivity index (χ3v) is 4.78. The van der Waals surface area contributed by atoms with Crippen LogP contribution >= 0.6 is 0 Å². The van der Waals surface area contributed by atoms with Crippen molar-refractivity contribution in [3.05, 3.63) is 44.6 Å². The molecule has 0 aliphatic rings. The van der Waals surface area contributed by atoms with Crippen molar-refractivity contribution in [1.82, 2.24) is 9.55 Å². The van der Waals surface area contributed by atoms with Crippen molar-refractivity contribution in [3.63, 3.8) is 0 Å². The number of ether oxygens (including phenoxy) is 2. The Morgan fingerprint density at radius 1 is 1.09 bits per heavy atom. The topological polar surface area (TPSA) is 120 Å². The van der Waals surface area contributed by atoms with Crippen LogP contribution in [0.3, 0.4) is 0 Å². The molecule has 182 valence electrons. The zero-order valence-electron chi connectivity index (χ0n) is 20.4. The number of aromatic amines is 1. The second-order valence-electron chi connectivity index (χ2n) is 8.75. The Morgan fingerprint density at radius 2 is 1.79 bits per heavy atom. The van der Waals surface area contributed by atoms with Crippen molar-refractivity contribution in [2.24, 2.45) is 11.8 Å². The molecule has 0 atom stereocenters. The summed E-state index contributed by atoms with van der Waals surface area (Å²) in [5, 5.41) is 0. The van der Waals surface area contributed by atoms with E-state index < -0.39 is 17.2 Å². The van der Waals surface area contributed by atoms with Gasteiger partial charge in [0, 0.05) is 18.7 Å². The van der Waals surface area contributed by atoms with E-state index in [0.29, 0.717) is 36.8 Å². The van der Waals surface area contributed by atoms with Crippen LogP contribution in [0.25, 0.3) is 0 Å². The first-order valence-electron chi connectivity index (χ1n) is 11.4. The van der Waals surface area contributed by atoms with Gasteiger partial charge in [-0.15, -0.1) is 0 Å². The van der Waals surface area contributed by atoms with Gasteiger partial charge in [-0.05, 0) is 43.4 Å². The van der Waals surface area contributed by atoms with Gasteiger partial charge < -0.3 is 20.1 Å². The molecule has 0 fully saturated rings. The van der Waals surface area contributed by atoms with Crippen molar-refractivity contribution in [2.75, 3.05) is 30.4 Å². The minimum Gasteiger partial charge on any atom is -0.490 e. The Kier molecular flexibility index (Phi) is 9.13. The zero-order chi connectivity index (χ0) is 24.7. The van der Waals surface area contributed by atoms with E-state index in [1.54, 1.807) is 18.2 Å². The number of H-pyrrole nitrogens is 1. The smallest absolute Gasteiger partial charge is 0.330 e. The number of hydrogen-bond acceptors (Lipinski definition) is 6. The summed E-state index contributed by atoms with van der Waals surface area (Å²) in [6, 6.07) is 4.94. The molecule has 0 saturated carbocycles. The first-order chi connectivity index (χ1) is 15.6. The number of carbonyl (C=O) groups is 1. The molecule has 0 saturated heterocycles. The van der Waals surface area contributed by atoms with Crippen LogP contribution in [0.15, 0.2) is 27.8 Å². The molecule has 9 heteroatoms. The van der Waals surface area contributed by atoms with E-state index in [2.05, 4.69) is 4.98 Å². The highest BCUT2D eigenvalue weighted by atomic mass is 16.5. The van der Waals surface area contributed by atoms with E-state index in [1.165, 1.54) is 9.47 Å². The second-order valence-corrected chi connectivity index (χ2v) is 8.75. The standard InChI is InChI=1S/C24H36N4O5/c1-7-11-33-18-10-9-17(12-19(18)32-8-2)23(30)27(13-15(3)4)20-21(25)28(14-16(5)6)24(31)26-22(20)29/h9-10,12,15-16H,7-8,11,13-14,25H2,1-6H3,(H,26,29,31). The lowest BCUT2D eigenvalue weighted by molar-refractivity contribution is 0.0983. The van der Waals surface area contributed by atoms with Crippen LogP contribution in [0.1, 0.15) is 58.3 Å². The summed E-state index contributed by atoms with van der Waals surface area (Å²) in [5.74, 6) is 0.707. The van der Waals surface area contributed by atoms with Gasteiger partial charge >= 0.3 is 5.69 Å². The normalized spacial score (nSPS) is 11.2. The molecule has 1 aromatic heterocycles. The number of nitrogen functional groups attached to an aromatic ring is 1. The number of amides is 1. The summed E-state index contributed by atoms with van der Waals surface area (Å²) in [6.45, 7) is 13.1. The Bertz CT molecular complexity index is 1070. The molecule has 3 N–H and O–H groups in total. The maximum Gasteiger partial charge on any atom is 0.330 e. The number of nitrogens with zero attached hydrogens (tertiary/aromatic N) is 2. The molecule has 2 aromatic rings. The highest BCUT2D eigenvalue weighted by molar-refractivity contribution is 6.07. The number of rotatable bonds is 11. The number of benzene rings is 1. The van der Waals surface area contributed by atoms with E-state index in [4.69, 9.17) is 15.2 Å². The van der Waals surface area contributed by atoms with Crippen LogP contribution in [0.5, 0.6) is 11.5 Å². The molecular formula is C24H36N4O5. The average molecular weight is 461 g/mol. The molecule has 1 aromatic carbocycles. The largest absolute Gasteiger partial charge is 0.490 e. The number of anilines is 2. The summed E-state index contributed by atoms with van der Waals surface area (Å²) >= 11 is 0. The van der Waals surface area contributed by atoms with Gasteiger partial charge in [0.1, 0.15) is 5.82 Å². The van der Waals surface area contributed by atoms with Gasteiger partial charge in [0.05, 0.1) is 13.2 Å². The van der Waals surface area contributed by atoms with Crippen molar-refractivity contribution < 1.29 is 14.3 Å². The van der Waals surface area contributed by atoms with Gasteiger partial charge in [-0.2, -0.15) is 0 Å². The van der Waals surface area contributed by atoms with Crippen molar-refractivity contribution in [3.8, 4) is 11.5 Å². The van der Waals surface area contributed by atoms with Crippen LogP contribution in [0.2, 0.25) is 0 Å². The van der Waals surface area contributed by atoms with Crippen molar-refractivity contribution in [2.45, 2.75) is 54.5 Å². The summed E-state index contributed by atoms with van der Waals surface area (Å²) < 4.78 is 12.7. The summed E-state index contributed by atoms with van der Waals surface area (Å²) in [7, 11) is 0. The third kappa shape index (κ3) is 6.40. The van der Waals surface area contributed by atoms with Crippen LogP contribution in [0.4, 0.5) is 11.5 Å². The summed E-state index contributed by atoms with van der Waals surface area (Å²) in [6.07, 6.45) is 0.836. The predicted molar refractivity (Wildman–Crippen MR) is 130 cm³/mol. The molecule has 33 heavy (non-hydrogen) atoms. The summed E-state index contributed by atoms with van der Waals surface area (Å²) in [5.41, 5.74) is 5.29. The van der Waals surface area contributed by atoms with E-state index in [0.717, 1.165) is 6.42 Å². The fraction of sp³-hybridized carbons (Fsp3) is 0.542. The highest BCUT2D eigenvalue weighted by Gasteiger charge is 2.27. The first-order valence-corrected chi connectivity index (χ1v) is 11.4. The van der Waals surface area contributed by atoms with Gasteiger partial charge in [0.25, 0.3) is 11.5 Å². The minimum absolute atomic E-state index is 0.0284. The molecule has 9 nitrogen and oxygen atoms in total. The number of aromatic nitrogens is 2. The number of nitrogens with one attached hydrogen (secondary N) is 1. The fourth-order valence-corrected chi connectivity index (χ4v) is 3.42. The Hall–Kier alpha value is -3.23. The molecule has 0 unspecified atom stereocenters. The van der Waals surface area contributed by atoms with E-state index in [9.17, 15) is 14.4 Å². The van der Waals surface area contributed by atoms with Crippen LogP contribution in [-0.4, -0.2) is 35.2 Å². The van der Waals surface area contributed by atoms with Gasteiger partial charge in [0.2, 0.25) is 0 Å². The van der Waals surface area contributed by atoms with Crippen molar-refractivity contribution in [1.29, 1.82) is 0 Å². The average Bonchev–Trinajstić information content (AvgIpc) is 2.74. The molecule has 2 rings (SSSR count). The Balaban J connectivity index is 2.60. The van der Waals surface area contributed by atoms with Gasteiger partial charge in [0.15, 0.2) is 17.2 Å². The molecule has 0 spiro atoms. The molecule has 1 heterocycles. The maximum absolute atomic E-state index is 13.6. The Labute approximate surface area is 194 Å². The number of nitrogens with two attached hydrogens (primary N) is 1. The van der Waals surface area contributed by atoms with E-state index >= 15 is 0 Å². The van der Waals surface area contributed by atoms with E-state index in [-0.39, 0.29) is 29.9 Å². The Morgan fingerprint density at radius 3 is 2.36 bits per heavy atom. The zero-order valence-corrected chi connectivity index (χ0v) is 20.4. The predicted octanol–water partition coefficient (Wildman–Crippen LogP) is 3.27. The quantitative estimate of drug-likeness (QED) is 0.531. The molecule has 0 bridgehead atoms. The maximum atomic E-state index is 13.6. The fourth-order valence-electron chi connectivity index (χ4n) is 3.42. The first kappa shape index (κ1) is 26.0. The molecule has 0 aliphatic carbocycles. The molecule has 0 radical (unpaired) electrons. The van der Waals surface area contributed by atoms with E-state index in [1.807, 2.05) is 41.5 Å². The molecule has 1 amide bonds. The van der Waals surface area contributed by atoms with Crippen LogP contribution in [-0.2, 0) is 6.54 Å². The molecular weight excluding hydrogens is 424 g/mol. The number of hydrogen-bond donors (Lipinski definition) is 2. The highest BCUT2D eigenvalue weighted by Crippen LogP contribution is 2.30. The summed E-state index contributed by atoms with van der Waals surface area (Å²) in [4.78, 5) is 42.4.